The molecular formula is C20H31N3O6S. The van der Waals surface area contributed by atoms with Crippen LogP contribution in [-0.2, 0) is 19.6 Å². The number of hydrogen-bond acceptors (Lipinski definition) is 7. The Balaban J connectivity index is 1.60. The first kappa shape index (κ1) is 22.8. The number of sulfonamides is 1. The third kappa shape index (κ3) is 5.05. The highest BCUT2D eigenvalue weighted by Gasteiger charge is 2.32. The Kier molecular flexibility index (Phi) is 7.56. The smallest absolute Gasteiger partial charge is 0.246 e. The number of methoxy groups -OCH3 is 2. The van der Waals surface area contributed by atoms with Crippen LogP contribution in [0.1, 0.15) is 13.3 Å². The maximum Gasteiger partial charge on any atom is 0.246 e. The van der Waals surface area contributed by atoms with Gasteiger partial charge in [-0.2, -0.15) is 4.31 Å². The zero-order valence-corrected chi connectivity index (χ0v) is 18.7. The number of carbonyl (C=O) groups is 1. The second-order valence-corrected chi connectivity index (χ2v) is 9.34. The highest BCUT2D eigenvalue weighted by atomic mass is 32.2. The molecule has 168 valence electrons. The molecule has 1 atom stereocenters. The zero-order chi connectivity index (χ0) is 21.7. The fraction of sp³-hybridized carbons (Fsp3) is 0.650. The Morgan fingerprint density at radius 3 is 2.50 bits per heavy atom. The Labute approximate surface area is 178 Å². The van der Waals surface area contributed by atoms with Gasteiger partial charge in [0.2, 0.25) is 15.9 Å². The summed E-state index contributed by atoms with van der Waals surface area (Å²) in [4.78, 5) is 16.6. The van der Waals surface area contributed by atoms with Gasteiger partial charge in [-0.3, -0.25) is 9.69 Å². The number of rotatable bonds is 7. The lowest BCUT2D eigenvalue weighted by Crippen LogP contribution is -2.53. The Morgan fingerprint density at radius 1 is 1.13 bits per heavy atom. The van der Waals surface area contributed by atoms with Crippen molar-refractivity contribution < 1.29 is 27.4 Å². The zero-order valence-electron chi connectivity index (χ0n) is 17.9. The summed E-state index contributed by atoms with van der Waals surface area (Å²) in [5.41, 5.74) is 0. The molecule has 0 aromatic heterocycles. The van der Waals surface area contributed by atoms with Crippen LogP contribution < -0.4 is 9.47 Å². The molecule has 0 bridgehead atoms. The third-order valence-corrected chi connectivity index (χ3v) is 7.55. The van der Waals surface area contributed by atoms with E-state index in [2.05, 4.69) is 6.92 Å². The molecule has 1 aromatic rings. The highest BCUT2D eigenvalue weighted by Crippen LogP contribution is 2.31. The maximum absolute atomic E-state index is 13.2. The molecule has 10 heteroatoms. The summed E-state index contributed by atoms with van der Waals surface area (Å²) in [6, 6.07) is 4.73. The van der Waals surface area contributed by atoms with Crippen molar-refractivity contribution in [3.8, 4) is 11.5 Å². The van der Waals surface area contributed by atoms with E-state index < -0.39 is 10.0 Å². The Morgan fingerprint density at radius 2 is 1.87 bits per heavy atom. The van der Waals surface area contributed by atoms with Crippen LogP contribution in [-0.4, -0.2) is 101 Å². The lowest BCUT2D eigenvalue weighted by molar-refractivity contribution is -0.140. The van der Waals surface area contributed by atoms with Crippen LogP contribution in [0.15, 0.2) is 23.1 Å². The molecule has 1 amide bonds. The van der Waals surface area contributed by atoms with E-state index in [1.54, 1.807) is 12.1 Å². The van der Waals surface area contributed by atoms with Crippen molar-refractivity contribution in [3.05, 3.63) is 18.2 Å². The van der Waals surface area contributed by atoms with Crippen molar-refractivity contribution in [3.63, 3.8) is 0 Å². The van der Waals surface area contributed by atoms with Crippen LogP contribution in [0.4, 0.5) is 0 Å². The van der Waals surface area contributed by atoms with Crippen molar-refractivity contribution in [1.29, 1.82) is 0 Å². The molecule has 3 rings (SSSR count). The van der Waals surface area contributed by atoms with E-state index >= 15 is 0 Å². The van der Waals surface area contributed by atoms with Gasteiger partial charge in [0.05, 0.1) is 33.5 Å². The van der Waals surface area contributed by atoms with Gasteiger partial charge < -0.3 is 19.1 Å². The topological polar surface area (TPSA) is 88.6 Å². The fourth-order valence-electron chi connectivity index (χ4n) is 3.74. The Bertz CT molecular complexity index is 839. The van der Waals surface area contributed by atoms with Gasteiger partial charge in [-0.1, -0.05) is 6.92 Å². The van der Waals surface area contributed by atoms with Crippen LogP contribution in [0.2, 0.25) is 0 Å². The minimum Gasteiger partial charge on any atom is -0.497 e. The number of carbonyl (C=O) groups excluding carboxylic acids is 1. The standard InChI is InChI=1S/C20H31N3O6S/c1-4-16-14-22(11-12-29-16)20(24)15-21-7-9-23(10-8-21)30(25,26)19-13-17(27-2)5-6-18(19)28-3/h5-6,13,16H,4,7-12,14-15H2,1-3H3. The second kappa shape index (κ2) is 9.95. The van der Waals surface area contributed by atoms with Gasteiger partial charge in [0, 0.05) is 45.3 Å². The summed E-state index contributed by atoms with van der Waals surface area (Å²) in [6.07, 6.45) is 0.983. The van der Waals surface area contributed by atoms with Gasteiger partial charge in [0.1, 0.15) is 16.4 Å². The van der Waals surface area contributed by atoms with Crippen LogP contribution in [0, 0.1) is 0 Å². The molecule has 0 saturated carbocycles. The summed E-state index contributed by atoms with van der Waals surface area (Å²) in [6.45, 7) is 5.78. The highest BCUT2D eigenvalue weighted by molar-refractivity contribution is 7.89. The first-order valence-corrected chi connectivity index (χ1v) is 11.7. The van der Waals surface area contributed by atoms with E-state index in [1.165, 1.54) is 24.6 Å². The van der Waals surface area contributed by atoms with Crippen molar-refractivity contribution in [1.82, 2.24) is 14.1 Å². The lowest BCUT2D eigenvalue weighted by atomic mass is 10.2. The molecule has 0 N–H and O–H groups in total. The molecule has 1 unspecified atom stereocenters. The fourth-order valence-corrected chi connectivity index (χ4v) is 5.33. The molecule has 2 fully saturated rings. The van der Waals surface area contributed by atoms with Crippen LogP contribution in [0.5, 0.6) is 11.5 Å². The number of ether oxygens (including phenoxy) is 3. The van der Waals surface area contributed by atoms with Crippen molar-refractivity contribution in [2.45, 2.75) is 24.3 Å². The third-order valence-electron chi connectivity index (χ3n) is 5.63. The van der Waals surface area contributed by atoms with E-state index in [-0.39, 0.29) is 22.7 Å². The van der Waals surface area contributed by atoms with Crippen molar-refractivity contribution >= 4 is 15.9 Å². The van der Waals surface area contributed by atoms with Gasteiger partial charge >= 0.3 is 0 Å². The van der Waals surface area contributed by atoms with Crippen molar-refractivity contribution in [2.24, 2.45) is 0 Å². The first-order chi connectivity index (χ1) is 14.4. The van der Waals surface area contributed by atoms with Crippen LogP contribution in [0.3, 0.4) is 0 Å². The van der Waals surface area contributed by atoms with Crippen LogP contribution >= 0.6 is 0 Å². The van der Waals surface area contributed by atoms with Crippen molar-refractivity contribution in [2.75, 3.05) is 66.6 Å². The number of morpholine rings is 1. The number of benzene rings is 1. The summed E-state index contributed by atoms with van der Waals surface area (Å²) < 4.78 is 43.8. The normalized spacial score (nSPS) is 21.4. The number of amides is 1. The predicted octanol–water partition coefficient (Wildman–Crippen LogP) is 0.648. The first-order valence-electron chi connectivity index (χ1n) is 10.2. The van der Waals surface area contributed by atoms with Gasteiger partial charge in [0.15, 0.2) is 0 Å². The van der Waals surface area contributed by atoms with E-state index in [0.29, 0.717) is 58.2 Å². The molecule has 0 aliphatic carbocycles. The largest absolute Gasteiger partial charge is 0.497 e. The van der Waals surface area contributed by atoms with Gasteiger partial charge in [-0.25, -0.2) is 8.42 Å². The van der Waals surface area contributed by atoms with Crippen LogP contribution in [0.25, 0.3) is 0 Å². The predicted molar refractivity (Wildman–Crippen MR) is 111 cm³/mol. The molecular weight excluding hydrogens is 410 g/mol. The number of hydrogen-bond donors (Lipinski definition) is 0. The van der Waals surface area contributed by atoms with Gasteiger partial charge in [0.25, 0.3) is 0 Å². The quantitative estimate of drug-likeness (QED) is 0.614. The molecule has 2 aliphatic rings. The molecule has 1 aromatic carbocycles. The Hall–Kier alpha value is -1.88. The second-order valence-electron chi connectivity index (χ2n) is 7.44. The minimum atomic E-state index is -3.73. The van der Waals surface area contributed by atoms with E-state index in [1.807, 2.05) is 9.80 Å². The van der Waals surface area contributed by atoms with Gasteiger partial charge in [-0.15, -0.1) is 0 Å². The molecule has 9 nitrogen and oxygen atoms in total. The summed E-state index contributed by atoms with van der Waals surface area (Å²) in [7, 11) is -0.796. The molecule has 0 spiro atoms. The molecule has 2 aliphatic heterocycles. The maximum atomic E-state index is 13.2. The van der Waals surface area contributed by atoms with E-state index in [4.69, 9.17) is 14.2 Å². The SMILES string of the molecule is CCC1CN(C(=O)CN2CCN(S(=O)(=O)c3cc(OC)ccc3OC)CC2)CCO1. The lowest BCUT2D eigenvalue weighted by Gasteiger charge is -2.37. The molecule has 2 heterocycles. The van der Waals surface area contributed by atoms with Gasteiger partial charge in [-0.05, 0) is 18.6 Å². The average molecular weight is 442 g/mol. The monoisotopic (exact) mass is 441 g/mol. The van der Waals surface area contributed by atoms with E-state index in [0.717, 1.165) is 6.42 Å². The number of nitrogens with zero attached hydrogens (tertiary/aromatic N) is 3. The summed E-state index contributed by atoms with van der Waals surface area (Å²) in [5.74, 6) is 0.809. The molecule has 30 heavy (non-hydrogen) atoms. The molecule has 0 radical (unpaired) electrons. The summed E-state index contributed by atoms with van der Waals surface area (Å²) >= 11 is 0. The molecule has 2 saturated heterocycles. The number of piperazine rings is 1. The van der Waals surface area contributed by atoms with E-state index in [9.17, 15) is 13.2 Å². The minimum absolute atomic E-state index is 0.0718. The summed E-state index contributed by atoms with van der Waals surface area (Å²) in [5, 5.41) is 0. The average Bonchev–Trinajstić information content (AvgIpc) is 2.79.